The minimum absolute atomic E-state index is 0.187. The van der Waals surface area contributed by atoms with Gasteiger partial charge in [0.25, 0.3) is 5.92 Å². The van der Waals surface area contributed by atoms with Crippen molar-refractivity contribution in [2.75, 3.05) is 6.61 Å². The van der Waals surface area contributed by atoms with Gasteiger partial charge in [0, 0.05) is 12.5 Å². The van der Waals surface area contributed by atoms with E-state index < -0.39 is 12.5 Å². The van der Waals surface area contributed by atoms with Crippen LogP contribution in [0.15, 0.2) is 24.3 Å². The Morgan fingerprint density at radius 1 is 1.31 bits per heavy atom. The Morgan fingerprint density at radius 3 is 2.31 bits per heavy atom. The van der Waals surface area contributed by atoms with Crippen molar-refractivity contribution in [3.8, 4) is 5.75 Å². The third-order valence-electron chi connectivity index (χ3n) is 2.71. The summed E-state index contributed by atoms with van der Waals surface area (Å²) in [6, 6.07) is 7.06. The van der Waals surface area contributed by atoms with Crippen molar-refractivity contribution >= 4 is 0 Å². The molecule has 1 aliphatic rings. The minimum Gasteiger partial charge on any atom is -0.487 e. The first kappa shape index (κ1) is 11.3. The van der Waals surface area contributed by atoms with Crippen LogP contribution in [0.2, 0.25) is 0 Å². The molecule has 1 saturated carbocycles. The van der Waals surface area contributed by atoms with E-state index >= 15 is 0 Å². The van der Waals surface area contributed by atoms with Gasteiger partial charge in [0.2, 0.25) is 0 Å². The van der Waals surface area contributed by atoms with Gasteiger partial charge in [-0.05, 0) is 30.5 Å². The average Bonchev–Trinajstić information content (AvgIpc) is 2.95. The molecule has 0 aromatic heterocycles. The van der Waals surface area contributed by atoms with E-state index in [9.17, 15) is 8.78 Å². The van der Waals surface area contributed by atoms with E-state index in [1.165, 1.54) is 0 Å². The second-order valence-electron chi connectivity index (χ2n) is 4.54. The summed E-state index contributed by atoms with van der Waals surface area (Å²) in [7, 11) is 0. The summed E-state index contributed by atoms with van der Waals surface area (Å²) in [6.07, 6.45) is 1.97. The van der Waals surface area contributed by atoms with Gasteiger partial charge in [0.05, 0.1) is 0 Å². The monoisotopic (exact) mass is 227 g/mol. The molecule has 0 unspecified atom stereocenters. The van der Waals surface area contributed by atoms with Crippen LogP contribution in [0.25, 0.3) is 0 Å². The van der Waals surface area contributed by atoms with E-state index in [-0.39, 0.29) is 5.54 Å². The first-order valence-electron chi connectivity index (χ1n) is 5.29. The fraction of sp³-hybridized carbons (Fsp3) is 0.500. The molecule has 0 spiro atoms. The van der Waals surface area contributed by atoms with E-state index in [1.54, 1.807) is 12.1 Å². The molecule has 0 radical (unpaired) electrons. The highest BCUT2D eigenvalue weighted by Gasteiger charge is 2.39. The minimum atomic E-state index is -2.80. The van der Waals surface area contributed by atoms with Crippen LogP contribution >= 0.6 is 0 Å². The predicted octanol–water partition coefficient (Wildman–Crippen LogP) is 2.67. The summed E-state index contributed by atoms with van der Waals surface area (Å²) in [5.74, 6) is -2.35. The van der Waals surface area contributed by atoms with E-state index in [2.05, 4.69) is 0 Å². The van der Waals surface area contributed by atoms with E-state index in [4.69, 9.17) is 10.5 Å². The molecule has 1 aliphatic carbocycles. The van der Waals surface area contributed by atoms with E-state index in [1.807, 2.05) is 12.1 Å². The third-order valence-corrected chi connectivity index (χ3v) is 2.71. The van der Waals surface area contributed by atoms with Gasteiger partial charge >= 0.3 is 0 Å². The molecular formula is C12H15F2NO. The zero-order valence-corrected chi connectivity index (χ0v) is 9.17. The summed E-state index contributed by atoms with van der Waals surface area (Å²) >= 11 is 0. The maximum absolute atomic E-state index is 12.5. The van der Waals surface area contributed by atoms with Crippen molar-refractivity contribution in [3.63, 3.8) is 0 Å². The smallest absolute Gasteiger partial charge is 0.278 e. The molecular weight excluding hydrogens is 212 g/mol. The Balaban J connectivity index is 1.97. The fourth-order valence-corrected chi connectivity index (χ4v) is 1.52. The Kier molecular flexibility index (Phi) is 2.62. The molecule has 1 fully saturated rings. The molecule has 0 aliphatic heterocycles. The average molecular weight is 227 g/mol. The summed E-state index contributed by atoms with van der Waals surface area (Å²) < 4.78 is 30.1. The quantitative estimate of drug-likeness (QED) is 0.858. The van der Waals surface area contributed by atoms with Crippen molar-refractivity contribution in [3.05, 3.63) is 29.8 Å². The lowest BCUT2D eigenvalue weighted by Crippen LogP contribution is -2.21. The Bertz CT molecular complexity index is 366. The molecule has 0 bridgehead atoms. The highest BCUT2D eigenvalue weighted by molar-refractivity contribution is 5.34. The topological polar surface area (TPSA) is 35.2 Å². The number of rotatable bonds is 4. The molecule has 0 saturated heterocycles. The second kappa shape index (κ2) is 3.70. The molecule has 88 valence electrons. The van der Waals surface area contributed by atoms with Crippen molar-refractivity contribution in [2.24, 2.45) is 5.73 Å². The molecule has 0 amide bonds. The molecule has 0 atom stereocenters. The number of hydrogen-bond acceptors (Lipinski definition) is 2. The van der Waals surface area contributed by atoms with Crippen LogP contribution in [0, 0.1) is 0 Å². The SMILES string of the molecule is CC(F)(F)COc1ccc(C2(N)CC2)cc1. The second-order valence-corrected chi connectivity index (χ2v) is 4.54. The van der Waals surface area contributed by atoms with Crippen LogP contribution in [-0.4, -0.2) is 12.5 Å². The third kappa shape index (κ3) is 2.70. The van der Waals surface area contributed by atoms with Gasteiger partial charge in [-0.3, -0.25) is 0 Å². The van der Waals surface area contributed by atoms with Crippen LogP contribution in [0.4, 0.5) is 8.78 Å². The normalized spacial score (nSPS) is 18.2. The van der Waals surface area contributed by atoms with Crippen molar-refractivity contribution in [1.29, 1.82) is 0 Å². The zero-order valence-electron chi connectivity index (χ0n) is 9.17. The van der Waals surface area contributed by atoms with Crippen LogP contribution in [0.5, 0.6) is 5.75 Å². The summed E-state index contributed by atoms with van der Waals surface area (Å²) in [4.78, 5) is 0. The lowest BCUT2D eigenvalue weighted by molar-refractivity contribution is -0.0229. The van der Waals surface area contributed by atoms with E-state index in [0.717, 1.165) is 25.3 Å². The molecule has 4 heteroatoms. The number of ether oxygens (including phenoxy) is 1. The molecule has 2 N–H and O–H groups in total. The van der Waals surface area contributed by atoms with Gasteiger partial charge in [-0.15, -0.1) is 0 Å². The number of alkyl halides is 2. The van der Waals surface area contributed by atoms with Gasteiger partial charge in [0.1, 0.15) is 5.75 Å². The van der Waals surface area contributed by atoms with Crippen LogP contribution in [0.3, 0.4) is 0 Å². The van der Waals surface area contributed by atoms with Crippen molar-refractivity contribution < 1.29 is 13.5 Å². The Labute approximate surface area is 93.4 Å². The molecule has 16 heavy (non-hydrogen) atoms. The molecule has 1 aromatic rings. The summed E-state index contributed by atoms with van der Waals surface area (Å²) in [5.41, 5.74) is 6.86. The van der Waals surface area contributed by atoms with Crippen LogP contribution < -0.4 is 10.5 Å². The predicted molar refractivity (Wildman–Crippen MR) is 57.7 cm³/mol. The summed E-state index contributed by atoms with van der Waals surface area (Å²) in [6.45, 7) is 0.237. The van der Waals surface area contributed by atoms with Gasteiger partial charge in [0.15, 0.2) is 6.61 Å². The highest BCUT2D eigenvalue weighted by atomic mass is 19.3. The molecule has 0 heterocycles. The van der Waals surface area contributed by atoms with Crippen molar-refractivity contribution in [1.82, 2.24) is 0 Å². The molecule has 1 aromatic carbocycles. The lowest BCUT2D eigenvalue weighted by atomic mass is 10.1. The zero-order chi connectivity index (χ0) is 11.8. The number of halogens is 2. The maximum atomic E-state index is 12.5. The lowest BCUT2D eigenvalue weighted by Gasteiger charge is -2.13. The highest BCUT2D eigenvalue weighted by Crippen LogP contribution is 2.42. The molecule has 2 nitrogen and oxygen atoms in total. The largest absolute Gasteiger partial charge is 0.487 e. The van der Waals surface area contributed by atoms with Gasteiger partial charge in [-0.1, -0.05) is 12.1 Å². The first-order chi connectivity index (χ1) is 7.39. The Morgan fingerprint density at radius 2 is 1.88 bits per heavy atom. The van der Waals surface area contributed by atoms with Gasteiger partial charge in [-0.25, -0.2) is 8.78 Å². The number of hydrogen-bond donors (Lipinski definition) is 1. The summed E-state index contributed by atoms with van der Waals surface area (Å²) in [5, 5.41) is 0. The fourth-order valence-electron chi connectivity index (χ4n) is 1.52. The van der Waals surface area contributed by atoms with Crippen LogP contribution in [0.1, 0.15) is 25.3 Å². The first-order valence-corrected chi connectivity index (χ1v) is 5.29. The standard InChI is InChI=1S/C12H15F2NO/c1-11(13,14)8-16-10-4-2-9(3-5-10)12(15)6-7-12/h2-5H,6-8,15H2,1H3. The van der Waals surface area contributed by atoms with Gasteiger partial charge < -0.3 is 10.5 Å². The maximum Gasteiger partial charge on any atom is 0.278 e. The number of benzene rings is 1. The van der Waals surface area contributed by atoms with Crippen molar-refractivity contribution in [2.45, 2.75) is 31.2 Å². The number of nitrogens with two attached hydrogens (primary N) is 1. The van der Waals surface area contributed by atoms with E-state index in [0.29, 0.717) is 5.75 Å². The Hall–Kier alpha value is -1.16. The van der Waals surface area contributed by atoms with Gasteiger partial charge in [-0.2, -0.15) is 0 Å². The molecule has 2 rings (SSSR count). The van der Waals surface area contributed by atoms with Crippen LogP contribution in [-0.2, 0) is 5.54 Å².